The van der Waals surface area contributed by atoms with Crippen LogP contribution in [0.2, 0.25) is 0 Å². The summed E-state index contributed by atoms with van der Waals surface area (Å²) < 4.78 is 5.77. The number of fused-ring (bicyclic) bond motifs is 1. The molecular weight excluding hydrogens is 394 g/mol. The quantitative estimate of drug-likeness (QED) is 0.478. The molecule has 0 aliphatic carbocycles. The Hall–Kier alpha value is -2.96. The molecule has 3 aromatic heterocycles. The van der Waals surface area contributed by atoms with Crippen molar-refractivity contribution in [1.29, 1.82) is 0 Å². The number of carbonyl (C=O) groups excluding carboxylic acids is 1. The van der Waals surface area contributed by atoms with E-state index in [4.69, 9.17) is 9.40 Å². The van der Waals surface area contributed by atoms with E-state index in [0.29, 0.717) is 17.0 Å². The van der Waals surface area contributed by atoms with Gasteiger partial charge in [0.15, 0.2) is 5.76 Å². The number of hydrogen-bond acceptors (Lipinski definition) is 5. The summed E-state index contributed by atoms with van der Waals surface area (Å²) in [4.78, 5) is 24.0. The van der Waals surface area contributed by atoms with Gasteiger partial charge in [-0.2, -0.15) is 0 Å². The highest BCUT2D eigenvalue weighted by Gasteiger charge is 2.24. The van der Waals surface area contributed by atoms with Crippen LogP contribution in [0.1, 0.15) is 21.0 Å². The topological polar surface area (TPSA) is 49.6 Å². The zero-order valence-corrected chi connectivity index (χ0v) is 17.7. The van der Waals surface area contributed by atoms with Crippen molar-refractivity contribution in [2.75, 3.05) is 26.2 Å². The molecule has 1 fully saturated rings. The molecule has 0 atom stereocenters. The van der Waals surface area contributed by atoms with Gasteiger partial charge in [0.1, 0.15) is 11.5 Å². The Morgan fingerprint density at radius 2 is 1.90 bits per heavy atom. The molecule has 4 heterocycles. The van der Waals surface area contributed by atoms with E-state index in [9.17, 15) is 4.79 Å². The first-order valence-corrected chi connectivity index (χ1v) is 11.1. The number of furan rings is 1. The zero-order chi connectivity index (χ0) is 20.5. The minimum absolute atomic E-state index is 0.0638. The molecule has 1 aliphatic rings. The molecule has 1 aliphatic heterocycles. The van der Waals surface area contributed by atoms with E-state index in [2.05, 4.69) is 22.4 Å². The maximum absolute atomic E-state index is 13.5. The molecule has 4 aromatic rings. The Morgan fingerprint density at radius 1 is 1.07 bits per heavy atom. The summed E-state index contributed by atoms with van der Waals surface area (Å²) in [6.07, 6.45) is 0. The van der Waals surface area contributed by atoms with E-state index in [1.165, 1.54) is 4.88 Å². The number of thiophene rings is 1. The first-order chi connectivity index (χ1) is 14.7. The molecule has 0 bridgehead atoms. The summed E-state index contributed by atoms with van der Waals surface area (Å²) in [5, 5.41) is 3.00. The minimum Gasteiger partial charge on any atom is -0.460 e. The van der Waals surface area contributed by atoms with Gasteiger partial charge < -0.3 is 9.32 Å². The number of aryl methyl sites for hydroxylation is 1. The summed E-state index contributed by atoms with van der Waals surface area (Å²) in [6, 6.07) is 17.8. The Kier molecular flexibility index (Phi) is 5.11. The summed E-state index contributed by atoms with van der Waals surface area (Å²) >= 11 is 1.79. The van der Waals surface area contributed by atoms with E-state index in [0.717, 1.165) is 49.4 Å². The number of para-hydroxylation sites is 1. The van der Waals surface area contributed by atoms with Gasteiger partial charge in [-0.15, -0.1) is 11.3 Å². The SMILES string of the molecule is Cc1ccc(-c2cc(C(=O)N3CCN(Cc4cccs4)CC3)c3ccccc3n2)o1. The van der Waals surface area contributed by atoms with Crippen LogP contribution >= 0.6 is 11.3 Å². The molecule has 5 nitrogen and oxygen atoms in total. The summed E-state index contributed by atoms with van der Waals surface area (Å²) in [5.74, 6) is 1.58. The van der Waals surface area contributed by atoms with Crippen molar-refractivity contribution in [3.63, 3.8) is 0 Å². The summed E-state index contributed by atoms with van der Waals surface area (Å²) in [6.45, 7) is 6.10. The lowest BCUT2D eigenvalue weighted by molar-refractivity contribution is 0.0631. The number of amides is 1. The normalized spacial score (nSPS) is 15.0. The number of nitrogens with zero attached hydrogens (tertiary/aromatic N) is 3. The van der Waals surface area contributed by atoms with Gasteiger partial charge in [0.25, 0.3) is 5.91 Å². The van der Waals surface area contributed by atoms with Crippen LogP contribution in [0, 0.1) is 6.92 Å². The fourth-order valence-corrected chi connectivity index (χ4v) is 4.70. The van der Waals surface area contributed by atoms with E-state index in [1.54, 1.807) is 11.3 Å². The maximum Gasteiger partial charge on any atom is 0.254 e. The zero-order valence-electron chi connectivity index (χ0n) is 16.9. The van der Waals surface area contributed by atoms with Crippen LogP contribution in [0.4, 0.5) is 0 Å². The first-order valence-electron chi connectivity index (χ1n) is 10.2. The van der Waals surface area contributed by atoms with E-state index >= 15 is 0 Å². The average Bonchev–Trinajstić information content (AvgIpc) is 3.45. The highest BCUT2D eigenvalue weighted by molar-refractivity contribution is 7.09. The van der Waals surface area contributed by atoms with Gasteiger partial charge in [0, 0.05) is 43.0 Å². The lowest BCUT2D eigenvalue weighted by Gasteiger charge is -2.34. The molecule has 0 N–H and O–H groups in total. The Morgan fingerprint density at radius 3 is 2.63 bits per heavy atom. The molecule has 1 saturated heterocycles. The predicted octanol–water partition coefficient (Wildman–Crippen LogP) is 4.82. The second-order valence-corrected chi connectivity index (χ2v) is 8.66. The van der Waals surface area contributed by atoms with Gasteiger partial charge in [-0.3, -0.25) is 9.69 Å². The summed E-state index contributed by atoms with van der Waals surface area (Å²) in [5.41, 5.74) is 2.20. The van der Waals surface area contributed by atoms with Crippen LogP contribution in [0.25, 0.3) is 22.4 Å². The van der Waals surface area contributed by atoms with Crippen molar-refractivity contribution in [2.45, 2.75) is 13.5 Å². The predicted molar refractivity (Wildman–Crippen MR) is 120 cm³/mol. The Balaban J connectivity index is 1.40. The van der Waals surface area contributed by atoms with Crippen LogP contribution in [0.15, 0.2) is 64.4 Å². The molecular formula is C24H23N3O2S. The van der Waals surface area contributed by atoms with Gasteiger partial charge in [0.2, 0.25) is 0 Å². The lowest BCUT2D eigenvalue weighted by atomic mass is 10.0. The molecule has 5 rings (SSSR count). The van der Waals surface area contributed by atoms with Gasteiger partial charge in [0.05, 0.1) is 11.1 Å². The number of rotatable bonds is 4. The molecule has 152 valence electrons. The van der Waals surface area contributed by atoms with Crippen molar-refractivity contribution in [2.24, 2.45) is 0 Å². The molecule has 0 spiro atoms. The monoisotopic (exact) mass is 417 g/mol. The smallest absolute Gasteiger partial charge is 0.254 e. The van der Waals surface area contributed by atoms with Crippen LogP contribution < -0.4 is 0 Å². The van der Waals surface area contributed by atoms with Crippen molar-refractivity contribution in [3.05, 3.63) is 76.2 Å². The molecule has 30 heavy (non-hydrogen) atoms. The number of carbonyl (C=O) groups is 1. The number of piperazine rings is 1. The number of benzene rings is 1. The van der Waals surface area contributed by atoms with E-state index < -0.39 is 0 Å². The second-order valence-electron chi connectivity index (χ2n) is 7.63. The Labute approximate surface area is 179 Å². The Bertz CT molecular complexity index is 1170. The van der Waals surface area contributed by atoms with Crippen molar-refractivity contribution in [1.82, 2.24) is 14.8 Å². The molecule has 0 radical (unpaired) electrons. The lowest BCUT2D eigenvalue weighted by Crippen LogP contribution is -2.48. The maximum atomic E-state index is 13.5. The van der Waals surface area contributed by atoms with Crippen LogP contribution in [0.5, 0.6) is 0 Å². The van der Waals surface area contributed by atoms with Gasteiger partial charge in [-0.1, -0.05) is 24.3 Å². The number of hydrogen-bond donors (Lipinski definition) is 0. The fourth-order valence-electron chi connectivity index (χ4n) is 3.95. The third-order valence-corrected chi connectivity index (χ3v) is 6.42. The molecule has 0 saturated carbocycles. The molecule has 1 aromatic carbocycles. The standard InChI is InChI=1S/C24H23N3O2S/c1-17-8-9-23(29-17)22-15-20(19-6-2-3-7-21(19)25-22)24(28)27-12-10-26(11-13-27)16-18-5-4-14-30-18/h2-9,14-15H,10-13,16H2,1H3. The van der Waals surface area contributed by atoms with Crippen molar-refractivity contribution >= 4 is 28.1 Å². The molecule has 1 amide bonds. The second kappa shape index (κ2) is 8.05. The van der Waals surface area contributed by atoms with Crippen molar-refractivity contribution in [3.8, 4) is 11.5 Å². The highest BCUT2D eigenvalue weighted by Crippen LogP contribution is 2.27. The molecule has 0 unspecified atom stereocenters. The summed E-state index contributed by atoms with van der Waals surface area (Å²) in [7, 11) is 0. The average molecular weight is 418 g/mol. The van der Waals surface area contributed by atoms with E-state index in [1.807, 2.05) is 54.3 Å². The third kappa shape index (κ3) is 3.76. The van der Waals surface area contributed by atoms with Crippen LogP contribution in [-0.4, -0.2) is 46.9 Å². The van der Waals surface area contributed by atoms with Gasteiger partial charge >= 0.3 is 0 Å². The van der Waals surface area contributed by atoms with Crippen LogP contribution in [-0.2, 0) is 6.54 Å². The third-order valence-electron chi connectivity index (χ3n) is 5.56. The van der Waals surface area contributed by atoms with Gasteiger partial charge in [-0.05, 0) is 42.6 Å². The minimum atomic E-state index is 0.0638. The largest absolute Gasteiger partial charge is 0.460 e. The fraction of sp³-hybridized carbons (Fsp3) is 0.250. The number of pyridine rings is 1. The van der Waals surface area contributed by atoms with Gasteiger partial charge in [-0.25, -0.2) is 4.98 Å². The van der Waals surface area contributed by atoms with Crippen LogP contribution in [0.3, 0.4) is 0 Å². The molecule has 6 heteroatoms. The number of aromatic nitrogens is 1. The van der Waals surface area contributed by atoms with Crippen molar-refractivity contribution < 1.29 is 9.21 Å². The first kappa shape index (κ1) is 19.0. The highest BCUT2D eigenvalue weighted by atomic mass is 32.1. The van der Waals surface area contributed by atoms with E-state index in [-0.39, 0.29) is 5.91 Å².